The molecule has 1 heterocycles. The molecule has 1 amide bonds. The summed E-state index contributed by atoms with van der Waals surface area (Å²) < 4.78 is 0. The van der Waals surface area contributed by atoms with Gasteiger partial charge in [0.05, 0.1) is 0 Å². The van der Waals surface area contributed by atoms with Crippen LogP contribution in [0.4, 0.5) is 0 Å². The second-order valence-electron chi connectivity index (χ2n) is 7.25. The fraction of sp³-hybridized carbons (Fsp3) is 0.409. The van der Waals surface area contributed by atoms with E-state index in [-0.39, 0.29) is 30.7 Å². The Kier molecular flexibility index (Phi) is 8.32. The number of piperazine rings is 1. The Labute approximate surface area is 179 Å². The molecule has 28 heavy (non-hydrogen) atoms. The Morgan fingerprint density at radius 3 is 2.43 bits per heavy atom. The van der Waals surface area contributed by atoms with Gasteiger partial charge in [0.1, 0.15) is 5.54 Å². The number of aryl methyl sites for hydroxylation is 1. The summed E-state index contributed by atoms with van der Waals surface area (Å²) in [5, 5.41) is 6.66. The van der Waals surface area contributed by atoms with Crippen molar-refractivity contribution in [1.82, 2.24) is 15.5 Å². The standard InChI is InChI=1S/C22H27N3O.2ClH/c26-21(24-13-11-18-6-2-1-3-7-18)22(25-16-14-23-15-17-25)12-10-19-8-4-5-9-20(19)22;;/h1-9,23H,10-17H2,(H,24,26);2*1H. The predicted molar refractivity (Wildman–Crippen MR) is 119 cm³/mol. The van der Waals surface area contributed by atoms with Gasteiger partial charge < -0.3 is 10.6 Å². The molecule has 4 rings (SSSR count). The summed E-state index contributed by atoms with van der Waals surface area (Å²) >= 11 is 0. The van der Waals surface area contributed by atoms with Crippen LogP contribution in [0.15, 0.2) is 54.6 Å². The van der Waals surface area contributed by atoms with Gasteiger partial charge in [0, 0.05) is 32.7 Å². The predicted octanol–water partition coefficient (Wildman–Crippen LogP) is 2.94. The van der Waals surface area contributed by atoms with E-state index in [0.29, 0.717) is 6.54 Å². The molecule has 0 radical (unpaired) electrons. The lowest BCUT2D eigenvalue weighted by molar-refractivity contribution is -0.135. The van der Waals surface area contributed by atoms with Crippen LogP contribution in [0.2, 0.25) is 0 Å². The Morgan fingerprint density at radius 2 is 1.68 bits per heavy atom. The van der Waals surface area contributed by atoms with Crippen LogP contribution in [0.3, 0.4) is 0 Å². The van der Waals surface area contributed by atoms with Gasteiger partial charge in [-0.25, -0.2) is 0 Å². The number of carbonyl (C=O) groups is 1. The molecule has 152 valence electrons. The first kappa shape index (κ1) is 22.7. The lowest BCUT2D eigenvalue weighted by Crippen LogP contribution is -2.60. The average molecular weight is 422 g/mol. The van der Waals surface area contributed by atoms with Crippen molar-refractivity contribution < 1.29 is 4.79 Å². The third-order valence-electron chi connectivity index (χ3n) is 5.79. The zero-order valence-electron chi connectivity index (χ0n) is 16.0. The highest BCUT2D eigenvalue weighted by atomic mass is 35.5. The molecular weight excluding hydrogens is 393 g/mol. The molecule has 0 aromatic heterocycles. The SMILES string of the molecule is Cl.Cl.O=C(NCCc1ccccc1)C1(N2CCNCC2)CCc2ccccc21. The highest BCUT2D eigenvalue weighted by Crippen LogP contribution is 2.42. The van der Waals surface area contributed by atoms with E-state index in [1.807, 2.05) is 18.2 Å². The maximum Gasteiger partial charge on any atom is 0.245 e. The average Bonchev–Trinajstić information content (AvgIpc) is 3.10. The molecule has 2 aromatic rings. The summed E-state index contributed by atoms with van der Waals surface area (Å²) in [6.07, 6.45) is 2.72. The molecule has 1 saturated heterocycles. The lowest BCUT2D eigenvalue weighted by Gasteiger charge is -2.43. The number of hydrogen-bond acceptors (Lipinski definition) is 3. The molecule has 1 unspecified atom stereocenters. The summed E-state index contributed by atoms with van der Waals surface area (Å²) in [6.45, 7) is 4.40. The molecule has 2 N–H and O–H groups in total. The summed E-state index contributed by atoms with van der Waals surface area (Å²) in [4.78, 5) is 15.8. The number of halogens is 2. The number of fused-ring (bicyclic) bond motifs is 1. The minimum absolute atomic E-state index is 0. The molecule has 4 nitrogen and oxygen atoms in total. The van der Waals surface area contributed by atoms with Gasteiger partial charge in [-0.15, -0.1) is 24.8 Å². The van der Waals surface area contributed by atoms with Gasteiger partial charge in [0.25, 0.3) is 0 Å². The van der Waals surface area contributed by atoms with Crippen molar-refractivity contribution in [3.05, 3.63) is 71.3 Å². The third kappa shape index (κ3) is 4.36. The maximum atomic E-state index is 13.4. The number of benzene rings is 2. The molecule has 1 fully saturated rings. The quantitative estimate of drug-likeness (QED) is 0.779. The van der Waals surface area contributed by atoms with Crippen molar-refractivity contribution in [2.45, 2.75) is 24.8 Å². The van der Waals surface area contributed by atoms with Crippen molar-refractivity contribution in [2.75, 3.05) is 32.7 Å². The highest BCUT2D eigenvalue weighted by Gasteiger charge is 2.49. The second kappa shape index (κ2) is 10.3. The maximum absolute atomic E-state index is 13.4. The van der Waals surface area contributed by atoms with Gasteiger partial charge in [-0.1, -0.05) is 54.6 Å². The minimum Gasteiger partial charge on any atom is -0.354 e. The molecule has 6 heteroatoms. The fourth-order valence-corrected chi connectivity index (χ4v) is 4.46. The van der Waals surface area contributed by atoms with Crippen LogP contribution in [-0.4, -0.2) is 43.5 Å². The van der Waals surface area contributed by atoms with E-state index in [2.05, 4.69) is 51.9 Å². The number of nitrogens with one attached hydrogen (secondary N) is 2. The Bertz CT molecular complexity index is 765. The van der Waals surface area contributed by atoms with Crippen molar-refractivity contribution in [3.8, 4) is 0 Å². The summed E-state index contributed by atoms with van der Waals surface area (Å²) in [5.74, 6) is 0.167. The molecule has 1 aliphatic carbocycles. The number of rotatable bonds is 5. The first-order valence-electron chi connectivity index (χ1n) is 9.67. The van der Waals surface area contributed by atoms with Crippen LogP contribution in [0.5, 0.6) is 0 Å². The first-order valence-corrected chi connectivity index (χ1v) is 9.67. The van der Waals surface area contributed by atoms with Crippen molar-refractivity contribution in [2.24, 2.45) is 0 Å². The Hall–Kier alpha value is -1.59. The van der Waals surface area contributed by atoms with E-state index in [0.717, 1.165) is 45.4 Å². The van der Waals surface area contributed by atoms with Crippen LogP contribution in [-0.2, 0) is 23.2 Å². The van der Waals surface area contributed by atoms with Gasteiger partial charge in [0.2, 0.25) is 5.91 Å². The van der Waals surface area contributed by atoms with E-state index < -0.39 is 5.54 Å². The summed E-state index contributed by atoms with van der Waals surface area (Å²) in [6, 6.07) is 18.8. The first-order chi connectivity index (χ1) is 12.8. The fourth-order valence-electron chi connectivity index (χ4n) is 4.46. The number of amides is 1. The van der Waals surface area contributed by atoms with Crippen molar-refractivity contribution in [1.29, 1.82) is 0 Å². The molecule has 1 atom stereocenters. The summed E-state index contributed by atoms with van der Waals surface area (Å²) in [5.41, 5.74) is 3.29. The topological polar surface area (TPSA) is 44.4 Å². The van der Waals surface area contributed by atoms with E-state index in [1.54, 1.807) is 0 Å². The molecule has 2 aromatic carbocycles. The van der Waals surface area contributed by atoms with E-state index in [9.17, 15) is 4.79 Å². The minimum atomic E-state index is -0.505. The van der Waals surface area contributed by atoms with Crippen LogP contribution in [0, 0.1) is 0 Å². The van der Waals surface area contributed by atoms with E-state index >= 15 is 0 Å². The monoisotopic (exact) mass is 421 g/mol. The smallest absolute Gasteiger partial charge is 0.245 e. The largest absolute Gasteiger partial charge is 0.354 e. The highest BCUT2D eigenvalue weighted by molar-refractivity contribution is 5.89. The molecule has 0 bridgehead atoms. The van der Waals surface area contributed by atoms with E-state index in [4.69, 9.17) is 0 Å². The van der Waals surface area contributed by atoms with Crippen LogP contribution in [0.1, 0.15) is 23.1 Å². The third-order valence-corrected chi connectivity index (χ3v) is 5.79. The molecule has 0 spiro atoms. The van der Waals surface area contributed by atoms with Gasteiger partial charge >= 0.3 is 0 Å². The molecule has 1 aliphatic heterocycles. The number of hydrogen-bond donors (Lipinski definition) is 2. The molecular formula is C22H29Cl2N3O. The number of nitrogens with zero attached hydrogens (tertiary/aromatic N) is 1. The van der Waals surface area contributed by atoms with Crippen molar-refractivity contribution in [3.63, 3.8) is 0 Å². The Balaban J connectivity index is 0.00000140. The molecule has 0 saturated carbocycles. The van der Waals surface area contributed by atoms with E-state index in [1.165, 1.54) is 16.7 Å². The van der Waals surface area contributed by atoms with Gasteiger partial charge in [-0.2, -0.15) is 0 Å². The number of carbonyl (C=O) groups excluding carboxylic acids is 1. The normalized spacial score (nSPS) is 21.1. The summed E-state index contributed by atoms with van der Waals surface area (Å²) in [7, 11) is 0. The zero-order valence-corrected chi connectivity index (χ0v) is 17.7. The second-order valence-corrected chi connectivity index (χ2v) is 7.25. The van der Waals surface area contributed by atoms with Crippen LogP contribution >= 0.6 is 24.8 Å². The Morgan fingerprint density at radius 1 is 1.00 bits per heavy atom. The van der Waals surface area contributed by atoms with Gasteiger partial charge in [-0.3, -0.25) is 9.69 Å². The van der Waals surface area contributed by atoms with Crippen LogP contribution < -0.4 is 10.6 Å². The zero-order chi connectivity index (χ0) is 17.8. The van der Waals surface area contributed by atoms with Crippen LogP contribution in [0.25, 0.3) is 0 Å². The van der Waals surface area contributed by atoms with Gasteiger partial charge in [-0.05, 0) is 36.0 Å². The van der Waals surface area contributed by atoms with Gasteiger partial charge in [0.15, 0.2) is 0 Å². The lowest BCUT2D eigenvalue weighted by atomic mass is 9.87. The molecule has 2 aliphatic rings. The van der Waals surface area contributed by atoms with Crippen molar-refractivity contribution >= 4 is 30.7 Å².